The van der Waals surface area contributed by atoms with Gasteiger partial charge in [-0.3, -0.25) is 4.79 Å². The Morgan fingerprint density at radius 3 is 1.88 bits per heavy atom. The van der Waals surface area contributed by atoms with Gasteiger partial charge < -0.3 is 14.2 Å². The fourth-order valence-corrected chi connectivity index (χ4v) is 1.66. The molecule has 0 fully saturated rings. The van der Waals surface area contributed by atoms with Crippen molar-refractivity contribution in [3.05, 3.63) is 17.2 Å². The lowest BCUT2D eigenvalue weighted by Crippen LogP contribution is -2.03. The Bertz CT molecular complexity index is 410. The van der Waals surface area contributed by atoms with Crippen molar-refractivity contribution in [1.29, 1.82) is 0 Å². The molecule has 1 aromatic carbocycles. The number of aryl methyl sites for hydroxylation is 1. The molecule has 0 unspecified atom stereocenters. The molecule has 0 aliphatic rings. The van der Waals surface area contributed by atoms with Gasteiger partial charge in [-0.05, 0) is 25.5 Å². The molecule has 0 aliphatic heterocycles. The number of carbonyl (C=O) groups excluding carboxylic acids is 1. The number of hydrogen-bond acceptors (Lipinski definition) is 4. The third-order valence-electron chi connectivity index (χ3n) is 2.37. The summed E-state index contributed by atoms with van der Waals surface area (Å²) in [6, 6.07) is 1.74. The van der Waals surface area contributed by atoms with E-state index in [-0.39, 0.29) is 5.78 Å². The van der Waals surface area contributed by atoms with Gasteiger partial charge in [0.25, 0.3) is 0 Å². The van der Waals surface area contributed by atoms with E-state index in [1.54, 1.807) is 13.2 Å². The lowest BCUT2D eigenvalue weighted by atomic mass is 10.1. The lowest BCUT2D eigenvalue weighted by molar-refractivity contribution is 0.101. The molecule has 0 aromatic heterocycles. The Kier molecular flexibility index (Phi) is 3.77. The highest BCUT2D eigenvalue weighted by Crippen LogP contribution is 2.42. The molecule has 0 heterocycles. The Morgan fingerprint density at radius 1 is 1.00 bits per heavy atom. The highest BCUT2D eigenvalue weighted by Gasteiger charge is 2.20. The number of benzene rings is 1. The van der Waals surface area contributed by atoms with Crippen LogP contribution < -0.4 is 14.2 Å². The van der Waals surface area contributed by atoms with Crippen LogP contribution in [0.25, 0.3) is 0 Å². The van der Waals surface area contributed by atoms with Gasteiger partial charge >= 0.3 is 0 Å². The SMILES string of the molecule is COc1c(C)cc(C(C)=O)c(OC)c1OC. The first-order chi connectivity index (χ1) is 7.56. The summed E-state index contributed by atoms with van der Waals surface area (Å²) in [5, 5.41) is 0. The summed E-state index contributed by atoms with van der Waals surface area (Å²) in [5.41, 5.74) is 1.34. The molecule has 16 heavy (non-hydrogen) atoms. The van der Waals surface area contributed by atoms with Crippen LogP contribution >= 0.6 is 0 Å². The van der Waals surface area contributed by atoms with Crippen LogP contribution in [0.1, 0.15) is 22.8 Å². The predicted molar refractivity (Wildman–Crippen MR) is 60.8 cm³/mol. The van der Waals surface area contributed by atoms with E-state index in [9.17, 15) is 4.79 Å². The third-order valence-corrected chi connectivity index (χ3v) is 2.37. The standard InChI is InChI=1S/C12H16O4/c1-7-6-9(8(2)13)11(15-4)12(16-5)10(7)14-3/h6H,1-5H3. The van der Waals surface area contributed by atoms with Gasteiger partial charge in [0, 0.05) is 0 Å². The fraction of sp³-hybridized carbons (Fsp3) is 0.417. The second-order valence-corrected chi connectivity index (χ2v) is 3.40. The second-order valence-electron chi connectivity index (χ2n) is 3.40. The summed E-state index contributed by atoms with van der Waals surface area (Å²) in [5.74, 6) is 1.39. The topological polar surface area (TPSA) is 44.8 Å². The van der Waals surface area contributed by atoms with Crippen molar-refractivity contribution in [3.8, 4) is 17.2 Å². The Labute approximate surface area is 95.1 Å². The molecule has 0 N–H and O–H groups in total. The molecule has 0 spiro atoms. The van der Waals surface area contributed by atoms with Crippen LogP contribution in [-0.2, 0) is 0 Å². The van der Waals surface area contributed by atoms with Crippen molar-refractivity contribution in [2.24, 2.45) is 0 Å². The number of ketones is 1. The minimum Gasteiger partial charge on any atom is -0.492 e. The molecule has 88 valence electrons. The predicted octanol–water partition coefficient (Wildman–Crippen LogP) is 2.22. The molecular weight excluding hydrogens is 208 g/mol. The zero-order valence-corrected chi connectivity index (χ0v) is 10.2. The monoisotopic (exact) mass is 224 g/mol. The average molecular weight is 224 g/mol. The number of Topliss-reactive ketones (excluding diaryl/α,β-unsaturated/α-hetero) is 1. The first kappa shape index (κ1) is 12.4. The maximum Gasteiger partial charge on any atom is 0.204 e. The smallest absolute Gasteiger partial charge is 0.204 e. The van der Waals surface area contributed by atoms with Crippen LogP contribution in [0.4, 0.5) is 0 Å². The number of methoxy groups -OCH3 is 3. The first-order valence-corrected chi connectivity index (χ1v) is 4.87. The van der Waals surface area contributed by atoms with Gasteiger partial charge in [0.2, 0.25) is 5.75 Å². The van der Waals surface area contributed by atoms with Crippen LogP contribution in [0.2, 0.25) is 0 Å². The van der Waals surface area contributed by atoms with E-state index in [2.05, 4.69) is 0 Å². The van der Waals surface area contributed by atoms with E-state index in [1.807, 2.05) is 6.92 Å². The van der Waals surface area contributed by atoms with Crippen LogP contribution in [0.3, 0.4) is 0 Å². The molecule has 0 saturated heterocycles. The molecule has 0 saturated carbocycles. The van der Waals surface area contributed by atoms with E-state index in [1.165, 1.54) is 21.1 Å². The van der Waals surface area contributed by atoms with Crippen molar-refractivity contribution in [2.75, 3.05) is 21.3 Å². The van der Waals surface area contributed by atoms with E-state index in [4.69, 9.17) is 14.2 Å². The molecule has 0 aliphatic carbocycles. The molecular formula is C12H16O4. The minimum atomic E-state index is -0.0686. The normalized spacial score (nSPS) is 9.81. The number of rotatable bonds is 4. The minimum absolute atomic E-state index is 0.0686. The van der Waals surface area contributed by atoms with E-state index < -0.39 is 0 Å². The van der Waals surface area contributed by atoms with Crippen molar-refractivity contribution in [1.82, 2.24) is 0 Å². The zero-order chi connectivity index (χ0) is 12.3. The van der Waals surface area contributed by atoms with Crippen molar-refractivity contribution >= 4 is 5.78 Å². The van der Waals surface area contributed by atoms with Crippen LogP contribution in [-0.4, -0.2) is 27.1 Å². The molecule has 1 rings (SSSR count). The van der Waals surface area contributed by atoms with Crippen molar-refractivity contribution in [2.45, 2.75) is 13.8 Å². The van der Waals surface area contributed by atoms with Crippen LogP contribution in [0.5, 0.6) is 17.2 Å². The van der Waals surface area contributed by atoms with Gasteiger partial charge in [0.1, 0.15) is 0 Å². The van der Waals surface area contributed by atoms with Crippen molar-refractivity contribution < 1.29 is 19.0 Å². The zero-order valence-electron chi connectivity index (χ0n) is 10.2. The van der Waals surface area contributed by atoms with Gasteiger partial charge in [-0.25, -0.2) is 0 Å². The Hall–Kier alpha value is -1.71. The number of ether oxygens (including phenoxy) is 3. The quantitative estimate of drug-likeness (QED) is 0.736. The van der Waals surface area contributed by atoms with Gasteiger partial charge in [-0.1, -0.05) is 0 Å². The molecule has 0 bridgehead atoms. The number of carbonyl (C=O) groups is 1. The van der Waals surface area contributed by atoms with Crippen molar-refractivity contribution in [3.63, 3.8) is 0 Å². The highest BCUT2D eigenvalue weighted by molar-refractivity contribution is 5.98. The van der Waals surface area contributed by atoms with E-state index in [0.717, 1.165) is 5.56 Å². The first-order valence-electron chi connectivity index (χ1n) is 4.87. The van der Waals surface area contributed by atoms with E-state index in [0.29, 0.717) is 22.8 Å². The third kappa shape index (κ3) is 1.96. The summed E-state index contributed by atoms with van der Waals surface area (Å²) in [7, 11) is 4.57. The van der Waals surface area contributed by atoms with Gasteiger partial charge in [0.15, 0.2) is 17.3 Å². The van der Waals surface area contributed by atoms with Crippen LogP contribution in [0, 0.1) is 6.92 Å². The molecule has 1 aromatic rings. The van der Waals surface area contributed by atoms with Gasteiger partial charge in [-0.2, -0.15) is 0 Å². The Balaban J connectivity index is 3.56. The average Bonchev–Trinajstić information content (AvgIpc) is 2.27. The van der Waals surface area contributed by atoms with Gasteiger partial charge in [0.05, 0.1) is 26.9 Å². The molecule has 4 heteroatoms. The summed E-state index contributed by atoms with van der Waals surface area (Å²) < 4.78 is 15.7. The number of hydrogen-bond donors (Lipinski definition) is 0. The van der Waals surface area contributed by atoms with E-state index >= 15 is 0 Å². The maximum atomic E-state index is 11.5. The molecule has 4 nitrogen and oxygen atoms in total. The summed E-state index contributed by atoms with van der Waals surface area (Å²) in [6.07, 6.45) is 0. The van der Waals surface area contributed by atoms with Gasteiger partial charge in [-0.15, -0.1) is 0 Å². The van der Waals surface area contributed by atoms with Crippen LogP contribution in [0.15, 0.2) is 6.07 Å². The summed E-state index contributed by atoms with van der Waals surface area (Å²) >= 11 is 0. The largest absolute Gasteiger partial charge is 0.492 e. The highest BCUT2D eigenvalue weighted by atomic mass is 16.5. The maximum absolute atomic E-state index is 11.5. The summed E-state index contributed by atoms with van der Waals surface area (Å²) in [6.45, 7) is 3.34. The Morgan fingerprint density at radius 2 is 1.50 bits per heavy atom. The molecule has 0 atom stereocenters. The lowest BCUT2D eigenvalue weighted by Gasteiger charge is -2.16. The summed E-state index contributed by atoms with van der Waals surface area (Å²) in [4.78, 5) is 11.5. The molecule has 0 radical (unpaired) electrons. The molecule has 0 amide bonds. The second kappa shape index (κ2) is 4.88. The fourth-order valence-electron chi connectivity index (χ4n) is 1.66.